The molecule has 35 heavy (non-hydrogen) atoms. The number of benzene rings is 3. The highest BCUT2D eigenvalue weighted by atomic mass is 32.2. The van der Waals surface area contributed by atoms with Crippen molar-refractivity contribution < 1.29 is 4.79 Å². The summed E-state index contributed by atoms with van der Waals surface area (Å²) in [6.07, 6.45) is 0.946. The average Bonchev–Trinajstić information content (AvgIpc) is 3.29. The maximum absolute atomic E-state index is 13.4. The van der Waals surface area contributed by atoms with Gasteiger partial charge in [0.2, 0.25) is 11.7 Å². The number of aryl methyl sites for hydroxylation is 2. The Morgan fingerprint density at radius 1 is 1.00 bits per heavy atom. The van der Waals surface area contributed by atoms with E-state index in [9.17, 15) is 9.59 Å². The van der Waals surface area contributed by atoms with Gasteiger partial charge in [-0.2, -0.15) is 0 Å². The van der Waals surface area contributed by atoms with Gasteiger partial charge in [0.05, 0.1) is 21.8 Å². The highest BCUT2D eigenvalue weighted by Crippen LogP contribution is 2.27. The fraction of sp³-hybridized carbons (Fsp3) is 0.185. The molecular weight excluding hydrogens is 458 g/mol. The molecule has 0 saturated heterocycles. The smallest absolute Gasteiger partial charge is 0.267 e. The van der Waals surface area contributed by atoms with Crippen LogP contribution < -0.4 is 10.9 Å². The fourth-order valence-electron chi connectivity index (χ4n) is 3.96. The first-order chi connectivity index (χ1) is 17.0. The zero-order chi connectivity index (χ0) is 24.5. The number of carbonyl (C=O) groups excluding carboxylic acids is 1. The Labute approximate surface area is 206 Å². The molecule has 7 nitrogen and oxygen atoms in total. The Morgan fingerprint density at radius 2 is 1.71 bits per heavy atom. The van der Waals surface area contributed by atoms with Crippen LogP contribution in [-0.2, 0) is 11.2 Å². The number of hydrogen-bond acceptors (Lipinski definition) is 5. The van der Waals surface area contributed by atoms with Gasteiger partial charge in [-0.1, -0.05) is 60.6 Å². The van der Waals surface area contributed by atoms with Crippen LogP contribution in [0.25, 0.3) is 22.4 Å². The lowest BCUT2D eigenvalue weighted by molar-refractivity contribution is -0.115. The number of hydrogen-bond donors (Lipinski definition) is 1. The molecule has 8 heteroatoms. The molecule has 176 valence electrons. The Balaban J connectivity index is 1.54. The predicted octanol–water partition coefficient (Wildman–Crippen LogP) is 5.02. The quantitative estimate of drug-likeness (QED) is 0.343. The second-order valence-corrected chi connectivity index (χ2v) is 9.72. The van der Waals surface area contributed by atoms with Gasteiger partial charge < -0.3 is 5.32 Å². The van der Waals surface area contributed by atoms with Crippen LogP contribution in [0.1, 0.15) is 25.0 Å². The van der Waals surface area contributed by atoms with Crippen molar-refractivity contribution in [1.82, 2.24) is 19.2 Å². The van der Waals surface area contributed by atoms with E-state index in [1.54, 1.807) is 10.6 Å². The molecule has 0 bridgehead atoms. The number of carbonyl (C=O) groups is 1. The van der Waals surface area contributed by atoms with E-state index in [-0.39, 0.29) is 11.5 Å². The molecule has 5 rings (SSSR count). The molecule has 1 unspecified atom stereocenters. The van der Waals surface area contributed by atoms with Crippen LogP contribution in [0.4, 0.5) is 5.69 Å². The summed E-state index contributed by atoms with van der Waals surface area (Å²) in [4.78, 5) is 26.3. The van der Waals surface area contributed by atoms with Crippen LogP contribution in [0, 0.1) is 6.92 Å². The number of nitrogens with one attached hydrogen (secondary N) is 1. The van der Waals surface area contributed by atoms with E-state index >= 15 is 0 Å². The van der Waals surface area contributed by atoms with Crippen LogP contribution >= 0.6 is 11.8 Å². The highest BCUT2D eigenvalue weighted by Gasteiger charge is 2.22. The van der Waals surface area contributed by atoms with Crippen LogP contribution in [0.15, 0.2) is 82.7 Å². The third-order valence-corrected chi connectivity index (χ3v) is 7.01. The van der Waals surface area contributed by atoms with Gasteiger partial charge in [0, 0.05) is 5.69 Å². The van der Waals surface area contributed by atoms with Crippen molar-refractivity contribution in [1.29, 1.82) is 0 Å². The lowest BCUT2D eigenvalue weighted by Gasteiger charge is -2.13. The molecule has 0 aliphatic rings. The fourth-order valence-corrected chi connectivity index (χ4v) is 4.82. The minimum absolute atomic E-state index is 0.132. The topological polar surface area (TPSA) is 81.3 Å². The molecule has 1 amide bonds. The van der Waals surface area contributed by atoms with Gasteiger partial charge in [0.15, 0.2) is 5.16 Å². The van der Waals surface area contributed by atoms with E-state index < -0.39 is 5.25 Å². The summed E-state index contributed by atoms with van der Waals surface area (Å²) in [5.41, 5.74) is 4.31. The van der Waals surface area contributed by atoms with Crippen molar-refractivity contribution in [3.63, 3.8) is 0 Å². The van der Waals surface area contributed by atoms with Gasteiger partial charge in [0.25, 0.3) is 5.56 Å². The van der Waals surface area contributed by atoms with Crippen molar-refractivity contribution in [2.75, 3.05) is 5.32 Å². The van der Waals surface area contributed by atoms with E-state index in [4.69, 9.17) is 0 Å². The number of para-hydroxylation sites is 1. The Hall–Kier alpha value is -3.91. The molecule has 5 aromatic rings. The van der Waals surface area contributed by atoms with Gasteiger partial charge in [-0.15, -0.1) is 10.2 Å². The monoisotopic (exact) mass is 483 g/mol. The minimum atomic E-state index is -0.438. The Bertz CT molecular complexity index is 1590. The highest BCUT2D eigenvalue weighted by molar-refractivity contribution is 8.00. The van der Waals surface area contributed by atoms with E-state index in [0.717, 1.165) is 17.7 Å². The van der Waals surface area contributed by atoms with Gasteiger partial charge >= 0.3 is 0 Å². The van der Waals surface area contributed by atoms with Crippen LogP contribution in [0.2, 0.25) is 0 Å². The lowest BCUT2D eigenvalue weighted by atomic mass is 10.1. The SMILES string of the molecule is CCc1ccc(NC(=O)C(C)Sc2nnc3n(-c4ccc(C)cc4)c(=O)c4ccccc4n23)cc1. The minimum Gasteiger partial charge on any atom is -0.325 e. The van der Waals surface area contributed by atoms with Crippen molar-refractivity contribution in [2.45, 2.75) is 37.6 Å². The van der Waals surface area contributed by atoms with Crippen LogP contribution in [-0.4, -0.2) is 30.3 Å². The van der Waals surface area contributed by atoms with Crippen LogP contribution in [0.5, 0.6) is 0 Å². The molecule has 0 saturated carbocycles. The third-order valence-electron chi connectivity index (χ3n) is 5.97. The number of nitrogens with zero attached hydrogens (tertiary/aromatic N) is 4. The summed E-state index contributed by atoms with van der Waals surface area (Å²) in [5, 5.41) is 12.4. The van der Waals surface area contributed by atoms with Gasteiger partial charge in [0.1, 0.15) is 0 Å². The van der Waals surface area contributed by atoms with Crippen molar-refractivity contribution >= 4 is 40.0 Å². The second-order valence-electron chi connectivity index (χ2n) is 8.41. The summed E-state index contributed by atoms with van der Waals surface area (Å²) in [7, 11) is 0. The molecular formula is C27H25N5O2S. The maximum atomic E-state index is 13.4. The molecule has 0 radical (unpaired) electrons. The Kier molecular flexibility index (Phi) is 6.13. The zero-order valence-electron chi connectivity index (χ0n) is 19.7. The summed E-state index contributed by atoms with van der Waals surface area (Å²) in [5.74, 6) is 0.273. The van der Waals surface area contributed by atoms with Gasteiger partial charge in [-0.25, -0.2) is 4.57 Å². The number of anilines is 1. The number of rotatable bonds is 6. The van der Waals surface area contributed by atoms with E-state index in [1.165, 1.54) is 17.3 Å². The lowest BCUT2D eigenvalue weighted by Crippen LogP contribution is -2.23. The maximum Gasteiger partial charge on any atom is 0.267 e. The first kappa shape index (κ1) is 22.9. The second kappa shape index (κ2) is 9.38. The van der Waals surface area contributed by atoms with Gasteiger partial charge in [-0.05, 0) is 62.2 Å². The largest absolute Gasteiger partial charge is 0.325 e. The molecule has 1 atom stereocenters. The Morgan fingerprint density at radius 3 is 2.43 bits per heavy atom. The molecule has 2 heterocycles. The van der Waals surface area contributed by atoms with Crippen LogP contribution in [0.3, 0.4) is 0 Å². The standard InChI is InChI=1S/C27H25N5O2S/c1-4-19-11-13-20(14-12-19)28-24(33)18(3)35-27-30-29-26-31(21-15-9-17(2)10-16-21)25(34)22-7-5-6-8-23(22)32(26)27/h5-16,18H,4H2,1-3H3,(H,28,33). The molecule has 1 N–H and O–H groups in total. The van der Waals surface area contributed by atoms with E-state index in [1.807, 2.05) is 85.0 Å². The molecule has 0 aliphatic heterocycles. The third kappa shape index (κ3) is 4.33. The van der Waals surface area contributed by atoms with Crippen molar-refractivity contribution in [3.05, 3.63) is 94.3 Å². The van der Waals surface area contributed by atoms with E-state index in [0.29, 0.717) is 27.5 Å². The number of thioether (sulfide) groups is 1. The summed E-state index contributed by atoms with van der Waals surface area (Å²) in [6, 6.07) is 22.9. The average molecular weight is 484 g/mol. The van der Waals surface area contributed by atoms with E-state index in [2.05, 4.69) is 22.4 Å². The molecule has 0 fully saturated rings. The first-order valence-electron chi connectivity index (χ1n) is 11.5. The van der Waals surface area contributed by atoms with Crippen molar-refractivity contribution in [3.8, 4) is 5.69 Å². The predicted molar refractivity (Wildman–Crippen MR) is 141 cm³/mol. The summed E-state index contributed by atoms with van der Waals surface area (Å²) < 4.78 is 3.42. The molecule has 0 spiro atoms. The number of fused-ring (bicyclic) bond motifs is 3. The van der Waals surface area contributed by atoms with Crippen molar-refractivity contribution in [2.24, 2.45) is 0 Å². The molecule has 3 aromatic carbocycles. The molecule has 0 aliphatic carbocycles. The molecule has 2 aromatic heterocycles. The number of aromatic nitrogens is 4. The summed E-state index contributed by atoms with van der Waals surface area (Å²) >= 11 is 1.30. The normalized spacial score (nSPS) is 12.2. The zero-order valence-corrected chi connectivity index (χ0v) is 20.5. The summed E-state index contributed by atoms with van der Waals surface area (Å²) in [6.45, 7) is 5.93. The van der Waals surface area contributed by atoms with Gasteiger partial charge in [-0.3, -0.25) is 14.0 Å². The first-order valence-corrected chi connectivity index (χ1v) is 12.4. The number of amides is 1.